The van der Waals surface area contributed by atoms with E-state index in [0.29, 0.717) is 0 Å². The molecule has 0 heterocycles. The molecule has 0 aliphatic carbocycles. The van der Waals surface area contributed by atoms with Gasteiger partial charge in [-0.25, -0.2) is 0 Å². The number of hydrogen-bond donors (Lipinski definition) is 0. The normalized spacial score (nSPS) is 12.6. The first-order chi connectivity index (χ1) is 4.73. The van der Waals surface area contributed by atoms with Gasteiger partial charge in [0.1, 0.15) is 0 Å². The molecule has 3 nitrogen and oxygen atoms in total. The van der Waals surface area contributed by atoms with Crippen LogP contribution < -0.4 is 0 Å². The Morgan fingerprint density at radius 3 is 1.91 bits per heavy atom. The summed E-state index contributed by atoms with van der Waals surface area (Å²) in [5, 5.41) is -5.01. The maximum absolute atomic E-state index is 11.9. The molecule has 0 atom stereocenters. The van der Waals surface area contributed by atoms with Crippen LogP contribution in [0.3, 0.4) is 0 Å². The van der Waals surface area contributed by atoms with E-state index < -0.39 is 21.3 Å². The van der Waals surface area contributed by atoms with Gasteiger partial charge in [0.05, 0.1) is 0 Å². The van der Waals surface area contributed by atoms with Gasteiger partial charge in [0, 0.05) is 0 Å². The number of carbonyl (C=O) groups is 1. The summed E-state index contributed by atoms with van der Waals surface area (Å²) in [5.41, 5.74) is 0. The second-order valence-corrected chi connectivity index (χ2v) is 2.91. The summed E-state index contributed by atoms with van der Waals surface area (Å²) in [6, 6.07) is 0. The first-order valence-electron chi connectivity index (χ1n) is 2.22. The molecule has 0 unspecified atom stereocenters. The molecule has 7 heteroatoms. The van der Waals surface area contributed by atoms with Gasteiger partial charge in [0.25, 0.3) is 0 Å². The summed E-state index contributed by atoms with van der Waals surface area (Å²) in [4.78, 5) is 9.99. The smallest absolute Gasteiger partial charge is 0.287 e. The summed E-state index contributed by atoms with van der Waals surface area (Å²) in [6.45, 7) is 2.58. The maximum atomic E-state index is 11.9. The first kappa shape index (κ1) is 10.2. The highest BCUT2D eigenvalue weighted by Gasteiger charge is 2.51. The Bertz CT molecular complexity index is 279. The van der Waals surface area contributed by atoms with Gasteiger partial charge in [0.2, 0.25) is 5.78 Å². The molecule has 0 aliphatic heterocycles. The van der Waals surface area contributed by atoms with Crippen LogP contribution in [0.4, 0.5) is 12.7 Å². The van der Waals surface area contributed by atoms with Crippen molar-refractivity contribution in [1.82, 2.24) is 0 Å². The van der Waals surface area contributed by atoms with E-state index in [0.717, 1.165) is 0 Å². The summed E-state index contributed by atoms with van der Waals surface area (Å²) in [5.74, 6) is -2.18. The molecule has 0 fully saturated rings. The van der Waals surface area contributed by atoms with Gasteiger partial charge in [-0.3, -0.25) is 4.79 Å². The van der Waals surface area contributed by atoms with Crippen LogP contribution in [0.25, 0.3) is 0 Å². The maximum Gasteiger partial charge on any atom is 0.434 e. The van der Waals surface area contributed by atoms with Crippen molar-refractivity contribution < 1.29 is 25.9 Å². The van der Waals surface area contributed by atoms with E-state index in [2.05, 4.69) is 6.58 Å². The summed E-state index contributed by atoms with van der Waals surface area (Å²) >= 11 is 0. The topological polar surface area (TPSA) is 51.2 Å². The number of allylic oxidation sites excluding steroid dienone is 1. The van der Waals surface area contributed by atoms with Crippen LogP contribution in [-0.2, 0) is 15.0 Å². The number of alkyl halides is 2. The van der Waals surface area contributed by atoms with Gasteiger partial charge in [-0.05, 0) is 6.08 Å². The van der Waals surface area contributed by atoms with Crippen LogP contribution in [0, 0.1) is 0 Å². The summed E-state index contributed by atoms with van der Waals surface area (Å²) in [6.07, 6.45) is 0.0388. The average Bonchev–Trinajstić information content (AvgIpc) is 1.83. The Morgan fingerprint density at radius 1 is 1.45 bits per heavy atom. The first-order valence-corrected chi connectivity index (χ1v) is 3.60. The van der Waals surface area contributed by atoms with E-state index >= 15 is 0 Å². The van der Waals surface area contributed by atoms with Crippen LogP contribution >= 0.6 is 0 Å². The fraction of sp³-hybridized carbons (Fsp3) is 0.250. The van der Waals surface area contributed by atoms with Gasteiger partial charge in [-0.15, -0.1) is 0 Å². The predicted molar refractivity (Wildman–Crippen MR) is 30.2 cm³/mol. The molecule has 0 bridgehead atoms. The molecule has 64 valence electrons. The monoisotopic (exact) mass is 188 g/mol. The molecule has 0 rings (SSSR count). The molecular formula is C4H3F3O3S. The minimum absolute atomic E-state index is 0.0388. The predicted octanol–water partition coefficient (Wildman–Crippen LogP) is 0.634. The Balaban J connectivity index is 5.06. The Hall–Kier alpha value is -0.850. The van der Waals surface area contributed by atoms with Crippen molar-refractivity contribution in [3.63, 3.8) is 0 Å². The lowest BCUT2D eigenvalue weighted by Gasteiger charge is -2.05. The number of rotatable bonds is 3. The Labute approximate surface area is 60.7 Å². The van der Waals surface area contributed by atoms with Gasteiger partial charge in [-0.2, -0.15) is 17.2 Å². The van der Waals surface area contributed by atoms with Crippen LogP contribution in [-0.4, -0.2) is 19.5 Å². The fourth-order valence-electron chi connectivity index (χ4n) is 0.239. The lowest BCUT2D eigenvalue weighted by atomic mass is 10.4. The number of hydrogen-bond acceptors (Lipinski definition) is 3. The average molecular weight is 188 g/mol. The zero-order chi connectivity index (χ0) is 9.28. The third-order valence-electron chi connectivity index (χ3n) is 0.778. The largest absolute Gasteiger partial charge is 0.434 e. The molecule has 0 saturated carbocycles. The van der Waals surface area contributed by atoms with Gasteiger partial charge >= 0.3 is 15.5 Å². The highest BCUT2D eigenvalue weighted by molar-refractivity contribution is 7.88. The standard InChI is InChI=1S/C4H3F3O3S/c1-2-3(8)4(5,6)11(7,9)10/h2H,1H2. The van der Waals surface area contributed by atoms with Gasteiger partial charge < -0.3 is 0 Å². The van der Waals surface area contributed by atoms with Crippen molar-refractivity contribution in [1.29, 1.82) is 0 Å². The van der Waals surface area contributed by atoms with Crippen LogP contribution in [0.1, 0.15) is 0 Å². The molecule has 0 aromatic heterocycles. The van der Waals surface area contributed by atoms with Crippen molar-refractivity contribution >= 4 is 16.0 Å². The van der Waals surface area contributed by atoms with Crippen molar-refractivity contribution in [3.05, 3.63) is 12.7 Å². The van der Waals surface area contributed by atoms with Gasteiger partial charge in [0.15, 0.2) is 0 Å². The third-order valence-corrected chi connectivity index (χ3v) is 1.59. The molecule has 0 spiro atoms. The second-order valence-electron chi connectivity index (χ2n) is 1.52. The van der Waals surface area contributed by atoms with E-state index in [1.54, 1.807) is 0 Å². The highest BCUT2D eigenvalue weighted by Crippen LogP contribution is 2.24. The molecule has 11 heavy (non-hydrogen) atoms. The molecule has 0 radical (unpaired) electrons. The lowest BCUT2D eigenvalue weighted by molar-refractivity contribution is -0.128. The minimum Gasteiger partial charge on any atom is -0.287 e. The Kier molecular flexibility index (Phi) is 2.44. The van der Waals surface area contributed by atoms with E-state index in [9.17, 15) is 25.9 Å². The van der Waals surface area contributed by atoms with E-state index in [1.165, 1.54) is 0 Å². The number of ketones is 1. The van der Waals surface area contributed by atoms with Crippen LogP contribution in [0.15, 0.2) is 12.7 Å². The lowest BCUT2D eigenvalue weighted by Crippen LogP contribution is -2.33. The SMILES string of the molecule is C=CC(=O)C(F)(F)S(=O)(=O)F. The van der Waals surface area contributed by atoms with Gasteiger partial charge in [-0.1, -0.05) is 10.5 Å². The molecule has 0 aromatic carbocycles. The summed E-state index contributed by atoms with van der Waals surface area (Å²) in [7, 11) is -6.17. The number of carbonyl (C=O) groups excluding carboxylic acids is 1. The van der Waals surface area contributed by atoms with Crippen molar-refractivity contribution in [2.45, 2.75) is 5.25 Å². The van der Waals surface area contributed by atoms with Crippen LogP contribution in [0.2, 0.25) is 0 Å². The molecule has 0 amide bonds. The van der Waals surface area contributed by atoms with Crippen molar-refractivity contribution in [3.8, 4) is 0 Å². The van der Waals surface area contributed by atoms with Crippen LogP contribution in [0.5, 0.6) is 0 Å². The van der Waals surface area contributed by atoms with Crippen molar-refractivity contribution in [2.75, 3.05) is 0 Å². The van der Waals surface area contributed by atoms with E-state index in [4.69, 9.17) is 0 Å². The molecule has 0 aliphatic rings. The Morgan fingerprint density at radius 2 is 1.82 bits per heavy atom. The third kappa shape index (κ3) is 1.79. The zero-order valence-electron chi connectivity index (χ0n) is 5.05. The van der Waals surface area contributed by atoms with E-state index in [-0.39, 0.29) is 6.08 Å². The van der Waals surface area contributed by atoms with Crippen molar-refractivity contribution in [2.24, 2.45) is 0 Å². The molecule has 0 N–H and O–H groups in total. The second kappa shape index (κ2) is 2.65. The van der Waals surface area contributed by atoms with E-state index in [1.807, 2.05) is 0 Å². The molecule has 0 saturated heterocycles. The quantitative estimate of drug-likeness (QED) is 0.482. The number of halogens is 3. The molecule has 0 aromatic rings. The minimum atomic E-state index is -6.17. The fourth-order valence-corrected chi connectivity index (χ4v) is 0.563. The molecular weight excluding hydrogens is 185 g/mol. The zero-order valence-corrected chi connectivity index (χ0v) is 5.87. The highest BCUT2D eigenvalue weighted by atomic mass is 32.3. The summed E-state index contributed by atoms with van der Waals surface area (Å²) < 4.78 is 54.6.